The van der Waals surface area contributed by atoms with Crippen molar-refractivity contribution < 1.29 is 9.90 Å². The van der Waals surface area contributed by atoms with Gasteiger partial charge in [-0.1, -0.05) is 31.2 Å². The van der Waals surface area contributed by atoms with E-state index in [0.717, 1.165) is 33.4 Å². The molecule has 5 heteroatoms. The lowest BCUT2D eigenvalue weighted by Crippen LogP contribution is -2.00. The Morgan fingerprint density at radius 1 is 1.29 bits per heavy atom. The highest BCUT2D eigenvalue weighted by Crippen LogP contribution is 2.32. The van der Waals surface area contributed by atoms with Crippen LogP contribution < -0.4 is 0 Å². The quantitative estimate of drug-likeness (QED) is 0.742. The van der Waals surface area contributed by atoms with Crippen LogP contribution in [0.4, 0.5) is 0 Å². The number of nitrogens with zero attached hydrogens (tertiary/aromatic N) is 3. The number of benzene rings is 1. The van der Waals surface area contributed by atoms with E-state index in [0.29, 0.717) is 12.0 Å². The zero-order chi connectivity index (χ0) is 17.3. The molecule has 2 heterocycles. The van der Waals surface area contributed by atoms with Crippen molar-refractivity contribution >= 4 is 22.9 Å². The summed E-state index contributed by atoms with van der Waals surface area (Å²) in [5.74, 6) is -0.900. The number of para-hydroxylation sites is 1. The van der Waals surface area contributed by atoms with Crippen LogP contribution in [0.3, 0.4) is 0 Å². The van der Waals surface area contributed by atoms with Crippen molar-refractivity contribution in [3.05, 3.63) is 53.4 Å². The van der Waals surface area contributed by atoms with Crippen LogP contribution in [0, 0.1) is 6.92 Å². The predicted octanol–water partition coefficient (Wildman–Crippen LogP) is 3.82. The minimum absolute atomic E-state index is 0.362. The molecule has 2 aromatic heterocycles. The van der Waals surface area contributed by atoms with E-state index in [2.05, 4.69) is 10.1 Å². The summed E-state index contributed by atoms with van der Waals surface area (Å²) in [5.41, 5.74) is 4.70. The molecule has 3 aromatic rings. The Balaban J connectivity index is 2.31. The van der Waals surface area contributed by atoms with Crippen LogP contribution in [-0.4, -0.2) is 25.8 Å². The molecule has 0 fully saturated rings. The highest BCUT2D eigenvalue weighted by atomic mass is 16.4. The number of aromatic nitrogens is 3. The first-order valence-corrected chi connectivity index (χ1v) is 7.84. The van der Waals surface area contributed by atoms with Crippen LogP contribution in [0.25, 0.3) is 28.2 Å². The first-order valence-electron chi connectivity index (χ1n) is 7.84. The molecule has 0 aliphatic heterocycles. The van der Waals surface area contributed by atoms with E-state index in [1.807, 2.05) is 51.2 Å². The minimum Gasteiger partial charge on any atom is -0.478 e. The summed E-state index contributed by atoms with van der Waals surface area (Å²) in [6.45, 7) is 3.73. The second-order valence-corrected chi connectivity index (χ2v) is 5.68. The van der Waals surface area contributed by atoms with Crippen molar-refractivity contribution in [2.45, 2.75) is 20.3 Å². The third-order valence-electron chi connectivity index (χ3n) is 4.13. The van der Waals surface area contributed by atoms with Crippen LogP contribution in [-0.2, 0) is 11.8 Å². The molecule has 0 atom stereocenters. The Bertz CT molecular complexity index is 949. The van der Waals surface area contributed by atoms with Gasteiger partial charge in [0.15, 0.2) is 0 Å². The molecule has 0 saturated heterocycles. The fourth-order valence-electron chi connectivity index (χ4n) is 2.95. The maximum Gasteiger partial charge on any atom is 0.331 e. The lowest BCUT2D eigenvalue weighted by molar-refractivity contribution is -0.132. The predicted molar refractivity (Wildman–Crippen MR) is 94.6 cm³/mol. The summed E-state index contributed by atoms with van der Waals surface area (Å²) in [6, 6.07) is 9.90. The number of hydrogen-bond acceptors (Lipinski definition) is 3. The fourth-order valence-corrected chi connectivity index (χ4v) is 2.95. The monoisotopic (exact) mass is 321 g/mol. The van der Waals surface area contributed by atoms with Gasteiger partial charge in [0.25, 0.3) is 0 Å². The van der Waals surface area contributed by atoms with Crippen molar-refractivity contribution in [1.82, 2.24) is 14.8 Å². The van der Waals surface area contributed by atoms with Crippen molar-refractivity contribution in [2.75, 3.05) is 0 Å². The molecule has 0 radical (unpaired) electrons. The number of hydrogen-bond donors (Lipinski definition) is 1. The summed E-state index contributed by atoms with van der Waals surface area (Å²) in [4.78, 5) is 15.9. The number of carboxylic acids is 1. The highest BCUT2D eigenvalue weighted by molar-refractivity contribution is 5.97. The van der Waals surface area contributed by atoms with Crippen LogP contribution >= 0.6 is 0 Å². The fraction of sp³-hybridized carbons (Fsp3) is 0.211. The SMILES string of the molecule is CCC(=Cc1c(C)nn(C)c1-c1cccc2cccnc12)C(=O)O. The number of carboxylic acid groups (broad SMARTS) is 1. The Labute approximate surface area is 140 Å². The van der Waals surface area contributed by atoms with Crippen molar-refractivity contribution in [1.29, 1.82) is 0 Å². The molecule has 3 rings (SSSR count). The van der Waals surface area contributed by atoms with Gasteiger partial charge < -0.3 is 5.11 Å². The van der Waals surface area contributed by atoms with E-state index >= 15 is 0 Å². The number of aliphatic carboxylic acids is 1. The maximum absolute atomic E-state index is 11.4. The first-order chi connectivity index (χ1) is 11.5. The van der Waals surface area contributed by atoms with Gasteiger partial charge >= 0.3 is 5.97 Å². The third-order valence-corrected chi connectivity index (χ3v) is 4.13. The Kier molecular flexibility index (Phi) is 4.16. The molecule has 0 unspecified atom stereocenters. The molecule has 0 saturated carbocycles. The van der Waals surface area contributed by atoms with E-state index in [1.54, 1.807) is 17.0 Å². The zero-order valence-corrected chi connectivity index (χ0v) is 13.9. The first kappa shape index (κ1) is 15.9. The van der Waals surface area contributed by atoms with Crippen LogP contribution in [0.5, 0.6) is 0 Å². The van der Waals surface area contributed by atoms with Crippen molar-refractivity contribution in [3.8, 4) is 11.3 Å². The van der Waals surface area contributed by atoms with Gasteiger partial charge in [-0.15, -0.1) is 0 Å². The van der Waals surface area contributed by atoms with Crippen molar-refractivity contribution in [3.63, 3.8) is 0 Å². The molecule has 0 aliphatic carbocycles. The van der Waals surface area contributed by atoms with Crippen LogP contribution in [0.2, 0.25) is 0 Å². The van der Waals surface area contributed by atoms with Crippen molar-refractivity contribution in [2.24, 2.45) is 7.05 Å². The van der Waals surface area contributed by atoms with Gasteiger partial charge in [0.05, 0.1) is 16.9 Å². The van der Waals surface area contributed by atoms with E-state index in [9.17, 15) is 9.90 Å². The Morgan fingerprint density at radius 3 is 2.75 bits per heavy atom. The average molecular weight is 321 g/mol. The number of pyridine rings is 1. The Morgan fingerprint density at radius 2 is 2.04 bits per heavy atom. The zero-order valence-electron chi connectivity index (χ0n) is 13.9. The van der Waals surface area contributed by atoms with Crippen LogP contribution in [0.15, 0.2) is 42.1 Å². The van der Waals surface area contributed by atoms with Gasteiger partial charge in [-0.05, 0) is 25.5 Å². The lowest BCUT2D eigenvalue weighted by atomic mass is 10.00. The molecule has 24 heavy (non-hydrogen) atoms. The Hall–Kier alpha value is -2.95. The normalized spacial score (nSPS) is 11.9. The average Bonchev–Trinajstić information content (AvgIpc) is 2.85. The smallest absolute Gasteiger partial charge is 0.331 e. The van der Waals surface area contributed by atoms with Gasteiger partial charge in [0, 0.05) is 35.3 Å². The standard InChI is InChI=1S/C19H19N3O2/c1-4-13(19(23)24)11-16-12(2)21-22(3)18(16)15-9-5-7-14-8-6-10-20-17(14)15/h5-11H,4H2,1-3H3,(H,23,24). The molecule has 0 amide bonds. The second-order valence-electron chi connectivity index (χ2n) is 5.68. The summed E-state index contributed by atoms with van der Waals surface area (Å²) in [7, 11) is 1.87. The van der Waals surface area contributed by atoms with Gasteiger partial charge in [-0.25, -0.2) is 4.79 Å². The largest absolute Gasteiger partial charge is 0.478 e. The summed E-state index contributed by atoms with van der Waals surface area (Å²) in [5, 5.41) is 14.9. The number of fused-ring (bicyclic) bond motifs is 1. The third kappa shape index (κ3) is 2.69. The molecule has 0 spiro atoms. The molecular weight excluding hydrogens is 302 g/mol. The van der Waals surface area contributed by atoms with E-state index in [-0.39, 0.29) is 0 Å². The second kappa shape index (κ2) is 6.28. The molecule has 5 nitrogen and oxygen atoms in total. The number of carbonyl (C=O) groups is 1. The van der Waals surface area contributed by atoms with Gasteiger partial charge in [0.1, 0.15) is 0 Å². The minimum atomic E-state index is -0.900. The number of aryl methyl sites for hydroxylation is 2. The van der Waals surface area contributed by atoms with Crippen LogP contribution in [0.1, 0.15) is 24.6 Å². The van der Waals surface area contributed by atoms with Gasteiger partial charge in [0.2, 0.25) is 0 Å². The van der Waals surface area contributed by atoms with E-state index in [4.69, 9.17) is 0 Å². The molecule has 1 aromatic carbocycles. The summed E-state index contributed by atoms with van der Waals surface area (Å²) < 4.78 is 1.79. The maximum atomic E-state index is 11.4. The molecule has 0 aliphatic rings. The van der Waals surface area contributed by atoms with E-state index in [1.165, 1.54) is 0 Å². The molecular formula is C19H19N3O2. The number of rotatable bonds is 4. The lowest BCUT2D eigenvalue weighted by Gasteiger charge is -2.08. The summed E-state index contributed by atoms with van der Waals surface area (Å²) >= 11 is 0. The topological polar surface area (TPSA) is 68.0 Å². The molecule has 1 N–H and O–H groups in total. The highest BCUT2D eigenvalue weighted by Gasteiger charge is 2.18. The van der Waals surface area contributed by atoms with Gasteiger partial charge in [-0.3, -0.25) is 9.67 Å². The molecule has 0 bridgehead atoms. The molecule has 122 valence electrons. The summed E-state index contributed by atoms with van der Waals surface area (Å²) in [6.07, 6.45) is 3.94. The van der Waals surface area contributed by atoms with E-state index < -0.39 is 5.97 Å². The van der Waals surface area contributed by atoms with Gasteiger partial charge in [-0.2, -0.15) is 5.10 Å².